The average molecular weight is 259 g/mol. The molecule has 3 heterocycles. The van der Waals surface area contributed by atoms with Crippen LogP contribution in [0, 0.1) is 0 Å². The van der Waals surface area contributed by atoms with Gasteiger partial charge in [0.15, 0.2) is 5.76 Å². The first-order chi connectivity index (χ1) is 9.25. The molecule has 5 heteroatoms. The molecule has 0 unspecified atom stereocenters. The largest absolute Gasteiger partial charge is 0.463 e. The number of amides is 1. The van der Waals surface area contributed by atoms with Crippen LogP contribution in [0.2, 0.25) is 0 Å². The summed E-state index contributed by atoms with van der Waals surface area (Å²) in [5.74, 6) is 0.751. The maximum Gasteiger partial charge on any atom is 0.272 e. The number of nitrogens with zero attached hydrogens (tertiary/aromatic N) is 3. The number of carbonyl (C=O) groups is 1. The molecule has 0 radical (unpaired) electrons. The number of aryl methyl sites for hydroxylation is 1. The van der Waals surface area contributed by atoms with Crippen LogP contribution >= 0.6 is 0 Å². The second-order valence-electron chi connectivity index (χ2n) is 4.87. The highest BCUT2D eigenvalue weighted by molar-refractivity contribution is 5.93. The summed E-state index contributed by atoms with van der Waals surface area (Å²) < 4.78 is 6.95. The maximum absolute atomic E-state index is 12.4. The highest BCUT2D eigenvalue weighted by atomic mass is 16.3. The number of hydrogen-bond acceptors (Lipinski definition) is 3. The maximum atomic E-state index is 12.4. The van der Waals surface area contributed by atoms with Crippen molar-refractivity contribution in [1.29, 1.82) is 0 Å². The Kier molecular flexibility index (Phi) is 3.11. The van der Waals surface area contributed by atoms with E-state index in [1.54, 1.807) is 24.1 Å². The molecule has 0 N–H and O–H groups in total. The summed E-state index contributed by atoms with van der Waals surface area (Å²) >= 11 is 0. The molecule has 0 spiro atoms. The third kappa shape index (κ3) is 2.28. The summed E-state index contributed by atoms with van der Waals surface area (Å²) in [4.78, 5) is 14.3. The van der Waals surface area contributed by atoms with Gasteiger partial charge in [0.25, 0.3) is 5.91 Å². The van der Waals surface area contributed by atoms with Crippen LogP contribution in [-0.4, -0.2) is 33.7 Å². The van der Waals surface area contributed by atoms with Crippen molar-refractivity contribution < 1.29 is 9.21 Å². The minimum Gasteiger partial charge on any atom is -0.463 e. The van der Waals surface area contributed by atoms with E-state index in [4.69, 9.17) is 4.42 Å². The second kappa shape index (κ2) is 4.91. The number of hydrogen-bond donors (Lipinski definition) is 0. The topological polar surface area (TPSA) is 51.3 Å². The molecule has 0 aliphatic carbocycles. The van der Waals surface area contributed by atoms with Crippen LogP contribution < -0.4 is 0 Å². The Morgan fingerprint density at radius 3 is 2.79 bits per heavy atom. The van der Waals surface area contributed by atoms with Crippen molar-refractivity contribution in [3.8, 4) is 11.5 Å². The molecule has 0 saturated carbocycles. The summed E-state index contributed by atoms with van der Waals surface area (Å²) in [6, 6.07) is 5.46. The third-order valence-corrected chi connectivity index (χ3v) is 3.52. The number of likely N-dealkylation sites (tertiary alicyclic amines) is 1. The van der Waals surface area contributed by atoms with Gasteiger partial charge in [0, 0.05) is 26.2 Å². The highest BCUT2D eigenvalue weighted by Crippen LogP contribution is 2.21. The predicted molar refractivity (Wildman–Crippen MR) is 70.7 cm³/mol. The van der Waals surface area contributed by atoms with Crippen molar-refractivity contribution in [2.45, 2.75) is 19.3 Å². The molecule has 1 amide bonds. The summed E-state index contributed by atoms with van der Waals surface area (Å²) in [6.07, 6.45) is 5.01. The van der Waals surface area contributed by atoms with Crippen molar-refractivity contribution in [3.05, 3.63) is 30.2 Å². The summed E-state index contributed by atoms with van der Waals surface area (Å²) in [5, 5.41) is 4.34. The van der Waals surface area contributed by atoms with Crippen molar-refractivity contribution in [2.24, 2.45) is 7.05 Å². The van der Waals surface area contributed by atoms with Gasteiger partial charge in [0.1, 0.15) is 11.4 Å². The number of piperidine rings is 1. The molecule has 19 heavy (non-hydrogen) atoms. The predicted octanol–water partition coefficient (Wildman–Crippen LogP) is 2.31. The molecule has 3 rings (SSSR count). The Morgan fingerprint density at radius 1 is 1.32 bits per heavy atom. The number of aromatic nitrogens is 2. The lowest BCUT2D eigenvalue weighted by Crippen LogP contribution is -2.36. The van der Waals surface area contributed by atoms with E-state index >= 15 is 0 Å². The van der Waals surface area contributed by atoms with Gasteiger partial charge in [0.2, 0.25) is 0 Å². The van der Waals surface area contributed by atoms with E-state index in [1.165, 1.54) is 6.42 Å². The standard InChI is InChI=1S/C14H17N3O2/c1-16-12(14(18)17-7-3-2-4-8-17)10-11(15-16)13-6-5-9-19-13/h5-6,9-10H,2-4,7-8H2,1H3. The van der Waals surface area contributed by atoms with Crippen molar-refractivity contribution in [1.82, 2.24) is 14.7 Å². The molecular weight excluding hydrogens is 242 g/mol. The molecule has 100 valence electrons. The zero-order valence-electron chi connectivity index (χ0n) is 11.0. The van der Waals surface area contributed by atoms with Gasteiger partial charge in [0.05, 0.1) is 6.26 Å². The lowest BCUT2D eigenvalue weighted by Gasteiger charge is -2.26. The molecule has 1 aliphatic rings. The van der Waals surface area contributed by atoms with Gasteiger partial charge in [-0.05, 0) is 31.4 Å². The van der Waals surface area contributed by atoms with Crippen LogP contribution in [0.3, 0.4) is 0 Å². The monoisotopic (exact) mass is 259 g/mol. The molecule has 2 aromatic rings. The minimum atomic E-state index is 0.0625. The van der Waals surface area contributed by atoms with Crippen LogP contribution in [0.5, 0.6) is 0 Å². The average Bonchev–Trinajstić information content (AvgIpc) is 3.08. The van der Waals surface area contributed by atoms with Crippen LogP contribution in [0.15, 0.2) is 28.9 Å². The Morgan fingerprint density at radius 2 is 2.11 bits per heavy atom. The van der Waals surface area contributed by atoms with E-state index < -0.39 is 0 Å². The number of rotatable bonds is 2. The summed E-state index contributed by atoms with van der Waals surface area (Å²) in [7, 11) is 1.80. The Balaban J connectivity index is 1.86. The van der Waals surface area contributed by atoms with E-state index in [1.807, 2.05) is 17.0 Å². The Labute approximate surface area is 111 Å². The first kappa shape index (κ1) is 12.0. The van der Waals surface area contributed by atoms with Crippen molar-refractivity contribution in [2.75, 3.05) is 13.1 Å². The molecule has 1 saturated heterocycles. The first-order valence-corrected chi connectivity index (χ1v) is 6.63. The molecule has 5 nitrogen and oxygen atoms in total. The first-order valence-electron chi connectivity index (χ1n) is 6.63. The van der Waals surface area contributed by atoms with Crippen LogP contribution in [0.4, 0.5) is 0 Å². The lowest BCUT2D eigenvalue weighted by molar-refractivity contribution is 0.0713. The number of furan rings is 1. The number of carbonyl (C=O) groups excluding carboxylic acids is 1. The smallest absolute Gasteiger partial charge is 0.272 e. The molecule has 0 aromatic carbocycles. The van der Waals surface area contributed by atoms with Gasteiger partial charge in [-0.3, -0.25) is 9.48 Å². The second-order valence-corrected chi connectivity index (χ2v) is 4.87. The Bertz CT molecular complexity index is 566. The fourth-order valence-electron chi connectivity index (χ4n) is 2.47. The molecular formula is C14H17N3O2. The van der Waals surface area contributed by atoms with Gasteiger partial charge >= 0.3 is 0 Å². The summed E-state index contributed by atoms with van der Waals surface area (Å²) in [5.41, 5.74) is 1.32. The van der Waals surface area contributed by atoms with Gasteiger partial charge < -0.3 is 9.32 Å². The fourth-order valence-corrected chi connectivity index (χ4v) is 2.47. The minimum absolute atomic E-state index is 0.0625. The van der Waals surface area contributed by atoms with E-state index in [0.29, 0.717) is 17.1 Å². The van der Waals surface area contributed by atoms with Crippen LogP contribution in [0.25, 0.3) is 11.5 Å². The fraction of sp³-hybridized carbons (Fsp3) is 0.429. The Hall–Kier alpha value is -2.04. The van der Waals surface area contributed by atoms with Crippen LogP contribution in [0.1, 0.15) is 29.8 Å². The van der Waals surface area contributed by atoms with E-state index in [-0.39, 0.29) is 5.91 Å². The van der Waals surface area contributed by atoms with Gasteiger partial charge in [-0.15, -0.1) is 0 Å². The molecule has 1 fully saturated rings. The highest BCUT2D eigenvalue weighted by Gasteiger charge is 2.22. The molecule has 0 atom stereocenters. The van der Waals surface area contributed by atoms with E-state index in [9.17, 15) is 4.79 Å². The van der Waals surface area contributed by atoms with E-state index in [0.717, 1.165) is 25.9 Å². The zero-order valence-corrected chi connectivity index (χ0v) is 11.0. The lowest BCUT2D eigenvalue weighted by atomic mass is 10.1. The SMILES string of the molecule is Cn1nc(-c2ccco2)cc1C(=O)N1CCCCC1. The van der Waals surface area contributed by atoms with E-state index in [2.05, 4.69) is 5.10 Å². The summed E-state index contributed by atoms with van der Waals surface area (Å²) in [6.45, 7) is 1.69. The molecule has 2 aromatic heterocycles. The molecule has 0 bridgehead atoms. The molecule has 1 aliphatic heterocycles. The quantitative estimate of drug-likeness (QED) is 0.831. The van der Waals surface area contributed by atoms with Crippen molar-refractivity contribution in [3.63, 3.8) is 0 Å². The zero-order chi connectivity index (χ0) is 13.2. The normalized spacial score (nSPS) is 15.7. The van der Waals surface area contributed by atoms with Gasteiger partial charge in [-0.1, -0.05) is 0 Å². The van der Waals surface area contributed by atoms with Crippen molar-refractivity contribution >= 4 is 5.91 Å². The van der Waals surface area contributed by atoms with Crippen LogP contribution in [-0.2, 0) is 7.05 Å². The van der Waals surface area contributed by atoms with Gasteiger partial charge in [-0.25, -0.2) is 0 Å². The van der Waals surface area contributed by atoms with Gasteiger partial charge in [-0.2, -0.15) is 5.10 Å². The third-order valence-electron chi connectivity index (χ3n) is 3.52.